The van der Waals surface area contributed by atoms with Gasteiger partial charge in [0.25, 0.3) is 54.0 Å². The number of thiazole rings is 2. The van der Waals surface area contributed by atoms with Crippen molar-refractivity contribution >= 4 is 168 Å². The molecule has 0 atom stereocenters. The number of hydrogen-bond donors (Lipinski definition) is 5. The number of amides is 4. The topological polar surface area (TPSA) is 473 Å². The maximum atomic E-state index is 13.8. The number of aromatic nitrogens is 5. The largest absolute Gasteiger partial charge is 0.494 e. The number of hydrogen-bond acceptors (Lipinski definition) is 34. The second-order valence-corrected chi connectivity index (χ2v) is 30.1. The van der Waals surface area contributed by atoms with Crippen molar-refractivity contribution in [2.75, 3.05) is 135 Å². The van der Waals surface area contributed by atoms with E-state index < -0.39 is 80.9 Å². The molecule has 0 unspecified atom stereocenters. The number of ether oxygens (including phenoxy) is 4. The fraction of sp³-hybridized carbons (Fsp3) is 0.317. The molecule has 0 saturated carbocycles. The second kappa shape index (κ2) is 31.8. The number of carbonyl (C=O) groups is 4. The summed E-state index contributed by atoms with van der Waals surface area (Å²) in [5, 5.41) is 46.1. The number of nitrogens with one attached hydrogen (secondary N) is 2. The number of nitrogens with zero attached hydrogens (tertiary/aromatic N) is 17. The number of methoxy groups -OCH3 is 2. The molecule has 36 nitrogen and oxygen atoms in total. The SMILES string of the molecule is CCN(CC)c1cc(Nc2nc(Nc3cc(N(CC)CC)c(OC)cc3/N=N/c3nc(N4CCOCC4)c(/C=C(\C#N)N4C(=O)c5ccc(S(=O)(=O)O)cc5C4=O)s3)nc(SCCS(=O)(=O)O)n2)c(/N=N/c2nc(N3CCOCC3)c(/C=C(\C#N)N3C(=O)c4ccc(S(=O)(=O)O)cc4C3=O)s2)cc1OC. The normalized spacial score (nSPS) is 15.2. The van der Waals surface area contributed by atoms with Crippen LogP contribution in [0, 0.1) is 22.7 Å². The Hall–Kier alpha value is -10.5. The molecule has 42 heteroatoms. The third-order valence-electron chi connectivity index (χ3n) is 16.4. The number of allylic oxidation sites excluding steroid dienone is 2. The first-order valence-corrected chi connectivity index (χ1v) is 38.9. The zero-order valence-corrected chi connectivity index (χ0v) is 61.3. The molecule has 0 radical (unpaired) electrons. The van der Waals surface area contributed by atoms with E-state index >= 15 is 0 Å². The maximum Gasteiger partial charge on any atom is 0.294 e. The molecule has 3 aromatic heterocycles. The van der Waals surface area contributed by atoms with E-state index in [1.807, 2.05) is 59.4 Å². The minimum absolute atomic E-state index is 0.0268. The van der Waals surface area contributed by atoms with Crippen LogP contribution in [0.25, 0.3) is 12.2 Å². The van der Waals surface area contributed by atoms with Crippen LogP contribution in [0.1, 0.15) is 78.9 Å². The summed E-state index contributed by atoms with van der Waals surface area (Å²) in [6.45, 7) is 12.4. The van der Waals surface area contributed by atoms with E-state index in [0.717, 1.165) is 70.8 Å². The second-order valence-electron chi connectivity index (χ2n) is 22.6. The summed E-state index contributed by atoms with van der Waals surface area (Å²) in [4.78, 5) is 87.1. The summed E-state index contributed by atoms with van der Waals surface area (Å²) < 4.78 is 125. The van der Waals surface area contributed by atoms with Crippen LogP contribution < -0.4 is 39.7 Å². The molecule has 7 aromatic rings. The molecule has 7 heterocycles. The third-order valence-corrected chi connectivity index (χ3v) is 21.7. The molecule has 2 saturated heterocycles. The lowest BCUT2D eigenvalue weighted by Gasteiger charge is -2.27. The number of imide groups is 2. The van der Waals surface area contributed by atoms with Crippen molar-refractivity contribution < 1.29 is 77.0 Å². The maximum absolute atomic E-state index is 13.8. The van der Waals surface area contributed by atoms with E-state index in [2.05, 4.69) is 41.1 Å². The number of benzene rings is 4. The minimum atomic E-state index is -4.78. The average Bonchev–Trinajstić information content (AvgIpc) is 1.65. The van der Waals surface area contributed by atoms with Crippen molar-refractivity contribution in [1.82, 2.24) is 34.7 Å². The zero-order valence-electron chi connectivity index (χ0n) is 56.4. The predicted molar refractivity (Wildman–Crippen MR) is 386 cm³/mol. The molecule has 0 bridgehead atoms. The number of nitriles is 2. The van der Waals surface area contributed by atoms with Crippen LogP contribution >= 0.6 is 34.4 Å². The van der Waals surface area contributed by atoms with Crippen LogP contribution in [0.3, 0.4) is 0 Å². The van der Waals surface area contributed by atoms with Crippen molar-refractivity contribution in [3.05, 3.63) is 104 Å². The molecule has 4 aliphatic heterocycles. The summed E-state index contributed by atoms with van der Waals surface area (Å²) in [7, 11) is -11.1. The van der Waals surface area contributed by atoms with Gasteiger partial charge >= 0.3 is 0 Å². The summed E-state index contributed by atoms with van der Waals surface area (Å²) in [5.41, 5.74) is -0.118. The molecule has 4 aromatic carbocycles. The molecule has 4 aliphatic rings. The molecule has 4 amide bonds. The molecular weight excluding hydrogens is 1490 g/mol. The average molecular weight is 1550 g/mol. The van der Waals surface area contributed by atoms with Crippen LogP contribution in [0.4, 0.5) is 67.9 Å². The van der Waals surface area contributed by atoms with Gasteiger partial charge in [0.2, 0.25) is 22.2 Å². The summed E-state index contributed by atoms with van der Waals surface area (Å²) in [6.07, 6.45) is 2.55. The molecule has 5 N–H and O–H groups in total. The van der Waals surface area contributed by atoms with Gasteiger partial charge in [0, 0.05) is 70.2 Å². The van der Waals surface area contributed by atoms with Crippen molar-refractivity contribution in [2.24, 2.45) is 20.5 Å². The monoisotopic (exact) mass is 1550 g/mol. The quantitative estimate of drug-likeness (QED) is 0.0100. The Balaban J connectivity index is 0.981. The summed E-state index contributed by atoms with van der Waals surface area (Å²) in [5.74, 6) is -3.75. The van der Waals surface area contributed by atoms with Crippen molar-refractivity contribution in [3.63, 3.8) is 0 Å². The first-order valence-electron chi connectivity index (χ1n) is 31.8. The Morgan fingerprint density at radius 3 is 1.32 bits per heavy atom. The number of morpholine rings is 2. The highest BCUT2D eigenvalue weighted by atomic mass is 32.2. The minimum Gasteiger partial charge on any atom is -0.494 e. The van der Waals surface area contributed by atoms with E-state index in [4.69, 9.17) is 33.9 Å². The van der Waals surface area contributed by atoms with Crippen molar-refractivity contribution in [3.8, 4) is 23.6 Å². The van der Waals surface area contributed by atoms with Gasteiger partial charge in [-0.25, -0.2) is 9.80 Å². The van der Waals surface area contributed by atoms with Gasteiger partial charge in [-0.05, 0) is 88.4 Å². The van der Waals surface area contributed by atoms with Crippen LogP contribution in [-0.4, -0.2) is 202 Å². The lowest BCUT2D eigenvalue weighted by Crippen LogP contribution is -2.36. The van der Waals surface area contributed by atoms with Gasteiger partial charge in [0.05, 0.1) is 111 Å². The summed E-state index contributed by atoms with van der Waals surface area (Å²) >= 11 is 2.76. The Morgan fingerprint density at radius 1 is 0.581 bits per heavy atom. The van der Waals surface area contributed by atoms with Gasteiger partial charge in [-0.3, -0.25) is 32.8 Å². The van der Waals surface area contributed by atoms with Crippen molar-refractivity contribution in [1.29, 1.82) is 10.5 Å². The number of carbonyl (C=O) groups excluding carboxylic acids is 4. The Labute approximate surface area is 612 Å². The van der Waals surface area contributed by atoms with E-state index in [1.165, 1.54) is 26.4 Å². The Morgan fingerprint density at radius 2 is 0.971 bits per heavy atom. The fourth-order valence-corrected chi connectivity index (χ4v) is 15.6. The number of anilines is 8. The van der Waals surface area contributed by atoms with Crippen LogP contribution in [0.2, 0.25) is 0 Å². The van der Waals surface area contributed by atoms with Gasteiger partial charge in [-0.1, -0.05) is 34.4 Å². The van der Waals surface area contributed by atoms with Crippen LogP contribution in [0.5, 0.6) is 11.5 Å². The van der Waals surface area contributed by atoms with E-state index in [-0.39, 0.29) is 87.8 Å². The molecule has 0 aliphatic carbocycles. The first-order chi connectivity index (χ1) is 50.2. The van der Waals surface area contributed by atoms with Crippen LogP contribution in [-0.2, 0) is 39.8 Å². The summed E-state index contributed by atoms with van der Waals surface area (Å²) in [6, 6.07) is 16.2. The number of fused-ring (bicyclic) bond motifs is 2. The standard InChI is InChI=1S/C63H63N19O17S6/c1-7-77(8-2)47-29-43(45(31-49(47)96-5)73-75-62-68-53(79-15-19-98-20-16-79)51(101-62)25-35(33-64)81-55(83)39-13-11-37(104(90,91)92)27-41(39)57(81)85)66-59-70-60(72-61(71-59)100-23-24-103(87,88)89)67-44-30-48(78(9-3)10-4)50(97-6)32-46(44)74-76-63-69-54(80-17-21-99-22-18-80)52(102-63)26-36(34-65)82-56(84)40-14-12-38(105(93,94)95)28-42(40)58(82)86/h11-14,25-32H,7-10,15-24H2,1-6H3,(H,87,88,89)(H,90,91,92)(H,93,94,95)(H2,66,67,70,71,72)/b35-25+,36-26+,75-73+,76-74+. The van der Waals surface area contributed by atoms with E-state index in [0.29, 0.717) is 123 Å². The molecule has 548 valence electrons. The lowest BCUT2D eigenvalue weighted by molar-refractivity contribution is 0.0696. The van der Waals surface area contributed by atoms with Gasteiger partial charge in [0.1, 0.15) is 58.0 Å². The Bertz CT molecular complexity index is 4910. The third kappa shape index (κ3) is 16.7. The van der Waals surface area contributed by atoms with Gasteiger partial charge in [0.15, 0.2) is 5.16 Å². The number of thioether (sulfide) groups is 1. The van der Waals surface area contributed by atoms with Gasteiger partial charge in [-0.15, -0.1) is 20.5 Å². The molecular formula is C63H63N19O17S6. The Kier molecular flexibility index (Phi) is 22.9. The fourth-order valence-electron chi connectivity index (χ4n) is 11.3. The number of rotatable bonds is 28. The molecule has 11 rings (SSSR count). The van der Waals surface area contributed by atoms with Crippen molar-refractivity contribution in [2.45, 2.75) is 42.6 Å². The lowest BCUT2D eigenvalue weighted by atomic mass is 10.1. The predicted octanol–water partition coefficient (Wildman–Crippen LogP) is 9.28. The van der Waals surface area contributed by atoms with E-state index in [9.17, 15) is 68.6 Å². The highest BCUT2D eigenvalue weighted by Crippen LogP contribution is 2.45. The smallest absolute Gasteiger partial charge is 0.294 e. The van der Waals surface area contributed by atoms with Gasteiger partial charge in [-0.2, -0.15) is 60.7 Å². The van der Waals surface area contributed by atoms with Crippen LogP contribution in [0.15, 0.2) is 107 Å². The highest BCUT2D eigenvalue weighted by molar-refractivity contribution is 8.00. The van der Waals surface area contributed by atoms with Gasteiger partial charge < -0.3 is 49.2 Å². The first kappa shape index (κ1) is 75.6. The number of azo groups is 2. The molecule has 105 heavy (non-hydrogen) atoms. The highest BCUT2D eigenvalue weighted by Gasteiger charge is 2.41. The molecule has 0 spiro atoms. The molecule has 2 fully saturated rings. The van der Waals surface area contributed by atoms with E-state index in [1.54, 1.807) is 24.3 Å². The zero-order chi connectivity index (χ0) is 75.2.